The zero-order valence-corrected chi connectivity index (χ0v) is 12.5. The van der Waals surface area contributed by atoms with Crippen LogP contribution in [0.3, 0.4) is 0 Å². The van der Waals surface area contributed by atoms with Crippen LogP contribution in [0.5, 0.6) is 0 Å². The molecule has 0 unspecified atom stereocenters. The topological polar surface area (TPSA) is 177 Å². The molecule has 1 aromatic heterocycles. The minimum absolute atomic E-state index is 0.107. The quantitative estimate of drug-likeness (QED) is 0.353. The fourth-order valence-electron chi connectivity index (χ4n) is 2.31. The van der Waals surface area contributed by atoms with Crippen LogP contribution in [0.1, 0.15) is 18.3 Å². The Balaban J connectivity index is 2.16. The Kier molecular flexibility index (Phi) is 4.62. The molecule has 10 nitrogen and oxygen atoms in total. The molecule has 0 saturated carbocycles. The van der Waals surface area contributed by atoms with Gasteiger partial charge < -0.3 is 36.2 Å². The maximum absolute atomic E-state index is 10.9. The summed E-state index contributed by atoms with van der Waals surface area (Å²) in [5, 5.41) is 20.0. The molecule has 2 rings (SSSR count). The number of nitrogens with two attached hydrogens (primary N) is 2. The summed E-state index contributed by atoms with van der Waals surface area (Å²) in [7, 11) is -4.22. The number of aliphatic hydroxyl groups is 2. The molecule has 22 heavy (non-hydrogen) atoms. The molecule has 1 aromatic rings. The summed E-state index contributed by atoms with van der Waals surface area (Å²) in [4.78, 5) is 21.7. The van der Waals surface area contributed by atoms with E-state index in [0.29, 0.717) is 0 Å². The molecule has 0 radical (unpaired) electrons. The number of anilines is 1. The minimum atomic E-state index is -4.22. The normalized spacial score (nSPS) is 28.9. The van der Waals surface area contributed by atoms with Crippen LogP contribution in [0.4, 0.5) is 5.82 Å². The van der Waals surface area contributed by atoms with Crippen molar-refractivity contribution in [2.45, 2.75) is 31.0 Å². The molecule has 0 bridgehead atoms. The van der Waals surface area contributed by atoms with Gasteiger partial charge in [-0.1, -0.05) is 6.58 Å². The van der Waals surface area contributed by atoms with Gasteiger partial charge in [-0.2, -0.15) is 0 Å². The van der Waals surface area contributed by atoms with Crippen LogP contribution < -0.4 is 11.5 Å². The van der Waals surface area contributed by atoms with Gasteiger partial charge in [0.15, 0.2) is 6.23 Å². The molecule has 8 N–H and O–H groups in total. The molecule has 124 valence electrons. The van der Waals surface area contributed by atoms with Crippen LogP contribution in [0, 0.1) is 0 Å². The Labute approximate surface area is 126 Å². The second-order valence-electron chi connectivity index (χ2n) is 5.13. The van der Waals surface area contributed by atoms with Crippen LogP contribution in [0.2, 0.25) is 0 Å². The average molecular weight is 334 g/mol. The molecule has 0 spiro atoms. The molecule has 1 fully saturated rings. The maximum atomic E-state index is 10.9. The van der Waals surface area contributed by atoms with Crippen molar-refractivity contribution in [3.63, 3.8) is 0 Å². The first kappa shape index (κ1) is 16.9. The highest BCUT2D eigenvalue weighted by Crippen LogP contribution is 2.39. The van der Waals surface area contributed by atoms with Crippen LogP contribution in [0.15, 0.2) is 12.9 Å². The van der Waals surface area contributed by atoms with Gasteiger partial charge in [0.1, 0.15) is 23.7 Å². The summed E-state index contributed by atoms with van der Waals surface area (Å²) < 4.78 is 17.7. The molecule has 0 amide bonds. The minimum Gasteiger partial charge on any atom is -0.397 e. The molecule has 4 atom stereocenters. The van der Waals surface area contributed by atoms with E-state index in [1.165, 1.54) is 10.9 Å². The van der Waals surface area contributed by atoms with Crippen molar-refractivity contribution < 1.29 is 29.3 Å². The number of rotatable bonds is 5. The first-order chi connectivity index (χ1) is 10.1. The second-order valence-corrected chi connectivity index (χ2v) is 6.91. The third kappa shape index (κ3) is 3.32. The summed E-state index contributed by atoms with van der Waals surface area (Å²) in [6.45, 7) is 3.51. The summed E-state index contributed by atoms with van der Waals surface area (Å²) in [5.74, 6) is 0.111. The van der Waals surface area contributed by atoms with Gasteiger partial charge in [0.05, 0.1) is 24.3 Å². The van der Waals surface area contributed by atoms with Crippen molar-refractivity contribution in [2.75, 3.05) is 11.9 Å². The molecule has 0 aromatic carbocycles. The van der Waals surface area contributed by atoms with Crippen molar-refractivity contribution in [3.8, 4) is 0 Å². The van der Waals surface area contributed by atoms with Crippen molar-refractivity contribution >= 4 is 19.1 Å². The highest BCUT2D eigenvalue weighted by atomic mass is 31.2. The van der Waals surface area contributed by atoms with Gasteiger partial charge in [0.2, 0.25) is 0 Å². The number of aromatic nitrogens is 2. The Morgan fingerprint density at radius 3 is 2.59 bits per heavy atom. The first-order valence-corrected chi connectivity index (χ1v) is 8.25. The van der Waals surface area contributed by atoms with Crippen LogP contribution in [-0.4, -0.2) is 54.0 Å². The summed E-state index contributed by atoms with van der Waals surface area (Å²) >= 11 is 0. The van der Waals surface area contributed by atoms with Crippen LogP contribution in [-0.2, 0) is 9.30 Å². The van der Waals surface area contributed by atoms with Gasteiger partial charge >= 0.3 is 7.60 Å². The van der Waals surface area contributed by atoms with E-state index in [2.05, 4.69) is 11.6 Å². The van der Waals surface area contributed by atoms with Crippen molar-refractivity contribution in [2.24, 2.45) is 5.73 Å². The van der Waals surface area contributed by atoms with Crippen LogP contribution >= 0.6 is 7.60 Å². The Bertz CT molecular complexity index is 614. The van der Waals surface area contributed by atoms with Gasteiger partial charge in [-0.25, -0.2) is 4.98 Å². The lowest BCUT2D eigenvalue weighted by atomic mass is 10.1. The Hall–Kier alpha value is -1.42. The Morgan fingerprint density at radius 2 is 2.09 bits per heavy atom. The van der Waals surface area contributed by atoms with Gasteiger partial charge in [-0.05, 0) is 6.42 Å². The second kappa shape index (κ2) is 5.99. The lowest BCUT2D eigenvalue weighted by Crippen LogP contribution is -2.32. The van der Waals surface area contributed by atoms with E-state index in [4.69, 9.17) is 26.0 Å². The number of ether oxygens (including phenoxy) is 1. The van der Waals surface area contributed by atoms with E-state index in [1.807, 2.05) is 0 Å². The summed E-state index contributed by atoms with van der Waals surface area (Å²) in [6, 6.07) is 0. The summed E-state index contributed by atoms with van der Waals surface area (Å²) in [5.41, 5.74) is 11.7. The molecule has 1 aliphatic heterocycles. The number of hydrogen-bond acceptors (Lipinski definition) is 7. The van der Waals surface area contributed by atoms with Gasteiger partial charge in [-0.3, -0.25) is 9.13 Å². The predicted octanol–water partition coefficient (Wildman–Crippen LogP) is -1.42. The average Bonchev–Trinajstić information content (AvgIpc) is 2.90. The van der Waals surface area contributed by atoms with Gasteiger partial charge in [-0.15, -0.1) is 0 Å². The molecular formula is C11H19N4O6P. The van der Waals surface area contributed by atoms with E-state index in [9.17, 15) is 14.8 Å². The van der Waals surface area contributed by atoms with E-state index < -0.39 is 38.3 Å². The maximum Gasteiger partial charge on any atom is 0.325 e. The number of aliphatic hydroxyl groups excluding tert-OH is 2. The molecule has 11 heteroatoms. The highest BCUT2D eigenvalue weighted by Gasteiger charge is 2.44. The predicted molar refractivity (Wildman–Crippen MR) is 77.3 cm³/mol. The highest BCUT2D eigenvalue weighted by molar-refractivity contribution is 7.51. The number of nitrogen functional groups attached to an aromatic ring is 1. The summed E-state index contributed by atoms with van der Waals surface area (Å²) in [6.07, 6.45) is -3.87. The Morgan fingerprint density at radius 1 is 1.45 bits per heavy atom. The number of nitrogens with zero attached hydrogens (tertiary/aromatic N) is 2. The zero-order chi connectivity index (χ0) is 16.7. The van der Waals surface area contributed by atoms with E-state index in [1.54, 1.807) is 0 Å². The third-order valence-electron chi connectivity index (χ3n) is 3.45. The largest absolute Gasteiger partial charge is 0.397 e. The first-order valence-electron chi connectivity index (χ1n) is 6.45. The molecule has 2 heterocycles. The standard InChI is InChI=1S/C11H19N4O6P/c1-5(12)7-10(13)15(4-14-7)11-9(17)8(16)6(21-11)2-3-22(18,19)20/h4,6,8-9,11,16-17H,1-3,12-13H2,(H2,18,19,20)/t6-,8-,9-,11-/m1/s1. The molecule has 1 saturated heterocycles. The fourth-order valence-corrected chi connectivity index (χ4v) is 2.90. The fraction of sp³-hybridized carbons (Fsp3) is 0.545. The lowest BCUT2D eigenvalue weighted by Gasteiger charge is -2.17. The molecule has 1 aliphatic rings. The van der Waals surface area contributed by atoms with Crippen molar-refractivity contribution in [1.29, 1.82) is 0 Å². The third-order valence-corrected chi connectivity index (χ3v) is 4.29. The monoisotopic (exact) mass is 334 g/mol. The van der Waals surface area contributed by atoms with Crippen molar-refractivity contribution in [1.82, 2.24) is 9.55 Å². The SMILES string of the molecule is C=C(N)c1ncn([C@@H]2O[C@H](CCP(=O)(O)O)[C@@H](O)[C@H]2O)c1N. The van der Waals surface area contributed by atoms with Crippen molar-refractivity contribution in [3.05, 3.63) is 18.6 Å². The molecule has 0 aliphatic carbocycles. The van der Waals surface area contributed by atoms with Gasteiger partial charge in [0, 0.05) is 0 Å². The number of hydrogen-bond donors (Lipinski definition) is 6. The molecular weight excluding hydrogens is 315 g/mol. The zero-order valence-electron chi connectivity index (χ0n) is 11.6. The van der Waals surface area contributed by atoms with E-state index in [0.717, 1.165) is 0 Å². The van der Waals surface area contributed by atoms with E-state index in [-0.39, 0.29) is 23.6 Å². The number of imidazole rings is 1. The smallest absolute Gasteiger partial charge is 0.325 e. The lowest BCUT2D eigenvalue weighted by molar-refractivity contribution is -0.0364. The van der Waals surface area contributed by atoms with E-state index >= 15 is 0 Å². The van der Waals surface area contributed by atoms with Gasteiger partial charge in [0.25, 0.3) is 0 Å². The van der Waals surface area contributed by atoms with Crippen LogP contribution in [0.25, 0.3) is 5.70 Å².